The van der Waals surface area contributed by atoms with Gasteiger partial charge < -0.3 is 5.32 Å². The van der Waals surface area contributed by atoms with Gasteiger partial charge in [-0.05, 0) is 57.6 Å². The number of hydrogen-bond donors (Lipinski definition) is 1. The number of carbonyl (C=O) groups excluding carboxylic acids is 1. The Morgan fingerprint density at radius 3 is 2.44 bits per heavy atom. The molecule has 2 aromatic carbocycles. The maximum atomic E-state index is 12.2. The van der Waals surface area contributed by atoms with Crippen molar-refractivity contribution in [3.63, 3.8) is 0 Å². The number of hydrogen-bond acceptors (Lipinski definition) is 4. The van der Waals surface area contributed by atoms with E-state index in [1.807, 2.05) is 23.6 Å². The van der Waals surface area contributed by atoms with Crippen molar-refractivity contribution in [3.05, 3.63) is 76.5 Å². The molecule has 0 aliphatic carbocycles. The highest BCUT2D eigenvalue weighted by Crippen LogP contribution is 2.25. The second kappa shape index (κ2) is 8.50. The van der Waals surface area contributed by atoms with Crippen LogP contribution in [0.1, 0.15) is 17.5 Å². The van der Waals surface area contributed by atoms with Crippen molar-refractivity contribution in [2.24, 2.45) is 0 Å². The molecule has 0 aliphatic rings. The average Bonchev–Trinajstić information content (AvgIpc) is 3.19. The second-order valence-electron chi connectivity index (χ2n) is 6.36. The Morgan fingerprint density at radius 1 is 1.04 bits per heavy atom. The zero-order chi connectivity index (χ0) is 19.3. The van der Waals surface area contributed by atoms with Gasteiger partial charge in [-0.1, -0.05) is 36.4 Å². The maximum absolute atomic E-state index is 12.2. The van der Waals surface area contributed by atoms with Gasteiger partial charge in [-0.25, -0.2) is 8.42 Å². The summed E-state index contributed by atoms with van der Waals surface area (Å²) < 4.78 is 23.0. The van der Waals surface area contributed by atoms with E-state index in [2.05, 4.69) is 22.8 Å². The van der Waals surface area contributed by atoms with Crippen molar-refractivity contribution in [2.45, 2.75) is 24.3 Å². The minimum Gasteiger partial charge on any atom is -0.352 e. The first kappa shape index (κ1) is 19.3. The Morgan fingerprint density at radius 2 is 1.78 bits per heavy atom. The van der Waals surface area contributed by atoms with Crippen LogP contribution in [0, 0.1) is 0 Å². The van der Waals surface area contributed by atoms with E-state index < -0.39 is 9.84 Å². The number of rotatable bonds is 7. The van der Waals surface area contributed by atoms with Crippen LogP contribution in [0.5, 0.6) is 0 Å². The summed E-state index contributed by atoms with van der Waals surface area (Å²) in [5.41, 5.74) is 4.32. The smallest absolute Gasteiger partial charge is 0.220 e. The van der Waals surface area contributed by atoms with Gasteiger partial charge in [-0.2, -0.15) is 11.3 Å². The Labute approximate surface area is 163 Å². The molecule has 1 aromatic heterocycles. The van der Waals surface area contributed by atoms with E-state index in [1.54, 1.807) is 35.6 Å². The molecular formula is C21H21NO3S2. The monoisotopic (exact) mass is 399 g/mol. The van der Waals surface area contributed by atoms with Crippen LogP contribution < -0.4 is 5.32 Å². The molecule has 3 aromatic rings. The van der Waals surface area contributed by atoms with Crippen molar-refractivity contribution >= 4 is 27.1 Å². The second-order valence-corrected chi connectivity index (χ2v) is 9.16. The minimum absolute atomic E-state index is 0.0256. The summed E-state index contributed by atoms with van der Waals surface area (Å²) in [6.45, 7) is 0.484. The van der Waals surface area contributed by atoms with Gasteiger partial charge in [-0.3, -0.25) is 4.79 Å². The predicted molar refractivity (Wildman–Crippen MR) is 109 cm³/mol. The topological polar surface area (TPSA) is 63.2 Å². The van der Waals surface area contributed by atoms with E-state index in [9.17, 15) is 13.2 Å². The summed E-state index contributed by atoms with van der Waals surface area (Å²) in [6, 6.07) is 16.8. The highest BCUT2D eigenvalue weighted by atomic mass is 32.2. The molecule has 0 fully saturated rings. The summed E-state index contributed by atoms with van der Waals surface area (Å²) in [5, 5.41) is 7.12. The lowest BCUT2D eigenvalue weighted by atomic mass is 10.0. The van der Waals surface area contributed by atoms with E-state index in [4.69, 9.17) is 0 Å². The van der Waals surface area contributed by atoms with Crippen molar-refractivity contribution < 1.29 is 13.2 Å². The molecule has 0 unspecified atom stereocenters. The largest absolute Gasteiger partial charge is 0.352 e. The van der Waals surface area contributed by atoms with E-state index >= 15 is 0 Å². The summed E-state index contributed by atoms with van der Waals surface area (Å²) in [5.74, 6) is -0.0256. The number of carbonyl (C=O) groups is 1. The lowest BCUT2D eigenvalue weighted by molar-refractivity contribution is -0.121. The third kappa shape index (κ3) is 5.28. The summed E-state index contributed by atoms with van der Waals surface area (Å²) in [7, 11) is -3.19. The molecule has 6 heteroatoms. The minimum atomic E-state index is -3.19. The highest BCUT2D eigenvalue weighted by Gasteiger charge is 2.09. The van der Waals surface area contributed by atoms with E-state index in [0.29, 0.717) is 24.3 Å². The van der Waals surface area contributed by atoms with Gasteiger partial charge in [0.05, 0.1) is 4.90 Å². The molecule has 1 amide bonds. The molecule has 0 bridgehead atoms. The number of thiophene rings is 1. The molecule has 4 nitrogen and oxygen atoms in total. The summed E-state index contributed by atoms with van der Waals surface area (Å²) in [4.78, 5) is 12.5. The molecule has 0 saturated heterocycles. The first-order valence-electron chi connectivity index (χ1n) is 8.59. The van der Waals surface area contributed by atoms with Gasteiger partial charge in [0.25, 0.3) is 0 Å². The van der Waals surface area contributed by atoms with Crippen molar-refractivity contribution in [3.8, 4) is 11.1 Å². The van der Waals surface area contributed by atoms with Gasteiger partial charge in [0.2, 0.25) is 5.91 Å². The molecule has 0 aliphatic heterocycles. The van der Waals surface area contributed by atoms with E-state index in [1.165, 1.54) is 6.26 Å². The molecule has 0 saturated carbocycles. The maximum Gasteiger partial charge on any atom is 0.220 e. The summed E-state index contributed by atoms with van der Waals surface area (Å²) >= 11 is 1.65. The summed E-state index contributed by atoms with van der Waals surface area (Å²) in [6.07, 6.45) is 2.12. The molecule has 140 valence electrons. The SMILES string of the molecule is CS(=O)(=O)c1ccc(CCC(=O)NCc2ccccc2-c2ccsc2)cc1. The van der Waals surface area contributed by atoms with Gasteiger partial charge >= 0.3 is 0 Å². The molecule has 3 rings (SSSR count). The number of nitrogens with one attached hydrogen (secondary N) is 1. The highest BCUT2D eigenvalue weighted by molar-refractivity contribution is 7.90. The number of aryl methyl sites for hydroxylation is 1. The number of sulfone groups is 1. The lowest BCUT2D eigenvalue weighted by Gasteiger charge is -2.10. The van der Waals surface area contributed by atoms with Crippen molar-refractivity contribution in [1.82, 2.24) is 5.32 Å². The molecule has 1 heterocycles. The molecule has 0 radical (unpaired) electrons. The first-order chi connectivity index (χ1) is 12.9. The zero-order valence-electron chi connectivity index (χ0n) is 15.0. The molecular weight excluding hydrogens is 378 g/mol. The van der Waals surface area contributed by atoms with Gasteiger partial charge in [0, 0.05) is 19.2 Å². The number of benzene rings is 2. The zero-order valence-corrected chi connectivity index (χ0v) is 16.6. The van der Waals surface area contributed by atoms with Crippen LogP contribution in [0.4, 0.5) is 0 Å². The van der Waals surface area contributed by atoms with Crippen LogP contribution in [0.15, 0.2) is 70.3 Å². The molecule has 0 atom stereocenters. The van der Waals surface area contributed by atoms with Crippen molar-refractivity contribution in [2.75, 3.05) is 6.26 Å². The fraction of sp³-hybridized carbons (Fsp3) is 0.190. The first-order valence-corrected chi connectivity index (χ1v) is 11.4. The Kier molecular flexibility index (Phi) is 6.08. The van der Waals surface area contributed by atoms with E-state index in [-0.39, 0.29) is 5.91 Å². The third-order valence-corrected chi connectivity index (χ3v) is 6.13. The van der Waals surface area contributed by atoms with Crippen molar-refractivity contribution in [1.29, 1.82) is 0 Å². The van der Waals surface area contributed by atoms with Crippen LogP contribution in [-0.2, 0) is 27.6 Å². The fourth-order valence-electron chi connectivity index (χ4n) is 2.82. The fourth-order valence-corrected chi connectivity index (χ4v) is 4.10. The normalized spacial score (nSPS) is 11.3. The Bertz CT molecular complexity index is 1010. The van der Waals surface area contributed by atoms with Crippen LogP contribution in [0.25, 0.3) is 11.1 Å². The molecule has 0 spiro atoms. The quantitative estimate of drug-likeness (QED) is 0.651. The standard InChI is InChI=1S/C21H21NO3S2/c1-27(24,25)19-9-6-16(7-10-19)8-11-21(23)22-14-17-4-2-3-5-20(17)18-12-13-26-15-18/h2-7,9-10,12-13,15H,8,11,14H2,1H3,(H,22,23). The van der Waals surface area contributed by atoms with Crippen LogP contribution >= 0.6 is 11.3 Å². The van der Waals surface area contributed by atoms with Gasteiger partial charge in [0.1, 0.15) is 0 Å². The van der Waals surface area contributed by atoms with E-state index in [0.717, 1.165) is 22.3 Å². The molecule has 1 N–H and O–H groups in total. The van der Waals surface area contributed by atoms with Crippen LogP contribution in [0.3, 0.4) is 0 Å². The average molecular weight is 400 g/mol. The third-order valence-electron chi connectivity index (χ3n) is 4.32. The van der Waals surface area contributed by atoms with Crippen LogP contribution in [-0.4, -0.2) is 20.6 Å². The van der Waals surface area contributed by atoms with Crippen LogP contribution in [0.2, 0.25) is 0 Å². The lowest BCUT2D eigenvalue weighted by Crippen LogP contribution is -2.23. The predicted octanol–water partition coefficient (Wildman–Crippen LogP) is 4.07. The van der Waals surface area contributed by atoms with Gasteiger partial charge in [0.15, 0.2) is 9.84 Å². The Balaban J connectivity index is 1.55. The van der Waals surface area contributed by atoms with Gasteiger partial charge in [-0.15, -0.1) is 0 Å². The molecule has 27 heavy (non-hydrogen) atoms. The Hall–Kier alpha value is -2.44. The number of amides is 1.